The second-order valence-electron chi connectivity index (χ2n) is 8.33. The van der Waals surface area contributed by atoms with Crippen molar-refractivity contribution in [3.63, 3.8) is 0 Å². The molecule has 2 unspecified atom stereocenters. The highest BCUT2D eigenvalue weighted by Gasteiger charge is 2.53. The van der Waals surface area contributed by atoms with Crippen LogP contribution in [0.15, 0.2) is 23.1 Å². The number of rotatable bonds is 6. The van der Waals surface area contributed by atoms with Gasteiger partial charge in [0.05, 0.1) is 28.7 Å². The minimum atomic E-state index is -4.63. The van der Waals surface area contributed by atoms with Crippen LogP contribution in [0.3, 0.4) is 0 Å². The smallest absolute Gasteiger partial charge is 0.422 e. The Bertz CT molecular complexity index is 1080. The van der Waals surface area contributed by atoms with Gasteiger partial charge in [-0.2, -0.15) is 17.5 Å². The van der Waals surface area contributed by atoms with Gasteiger partial charge in [0.25, 0.3) is 0 Å². The molecule has 3 aliphatic rings. The molecule has 0 aliphatic carbocycles. The molecule has 2 atom stereocenters. The fourth-order valence-electron chi connectivity index (χ4n) is 4.22. The van der Waals surface area contributed by atoms with Crippen LogP contribution in [0.5, 0.6) is 5.75 Å². The number of hydrogen-bond donors (Lipinski definition) is 1. The average molecular weight is 524 g/mol. The molecule has 1 N–H and O–H groups in total. The number of halogens is 3. The van der Waals surface area contributed by atoms with Gasteiger partial charge in [0.1, 0.15) is 11.8 Å². The van der Waals surface area contributed by atoms with Gasteiger partial charge in [-0.05, 0) is 31.5 Å². The molecule has 3 fully saturated rings. The fraction of sp³-hybridized carbons (Fsp3) is 0.600. The van der Waals surface area contributed by atoms with Crippen molar-refractivity contribution >= 4 is 39.3 Å². The maximum Gasteiger partial charge on any atom is 0.422 e. The molecule has 0 bridgehead atoms. The van der Waals surface area contributed by atoms with Crippen molar-refractivity contribution in [2.24, 2.45) is 0 Å². The molecule has 0 spiro atoms. The van der Waals surface area contributed by atoms with E-state index in [0.717, 1.165) is 18.2 Å². The molecule has 0 saturated carbocycles. The number of ether oxygens (including phenoxy) is 2. The van der Waals surface area contributed by atoms with E-state index < -0.39 is 39.6 Å². The lowest BCUT2D eigenvalue weighted by Gasteiger charge is -2.30. The van der Waals surface area contributed by atoms with Crippen molar-refractivity contribution < 1.29 is 40.7 Å². The standard InChI is InChI=1S/C20H24F3N3O6S2/c1-19-5-4-17(27)26(19)15(11-33-19)18(28)24-14-10-13(2-3-16(14)32-12-20(21,22)23)34(29,30)25-6-8-31-9-7-25/h2-3,10,15H,4-9,11-12H2,1H3,(H,24,28). The zero-order valence-electron chi connectivity index (χ0n) is 18.3. The van der Waals surface area contributed by atoms with Crippen molar-refractivity contribution in [3.8, 4) is 5.75 Å². The molecule has 1 aromatic carbocycles. The monoisotopic (exact) mass is 523 g/mol. The van der Waals surface area contributed by atoms with Crippen LogP contribution in [0.2, 0.25) is 0 Å². The van der Waals surface area contributed by atoms with Crippen molar-refractivity contribution in [2.45, 2.75) is 41.7 Å². The zero-order valence-corrected chi connectivity index (χ0v) is 19.9. The zero-order chi connectivity index (χ0) is 24.7. The maximum atomic E-state index is 13.1. The number of fused-ring (bicyclic) bond motifs is 1. The van der Waals surface area contributed by atoms with Gasteiger partial charge >= 0.3 is 6.18 Å². The van der Waals surface area contributed by atoms with Crippen LogP contribution in [0, 0.1) is 0 Å². The van der Waals surface area contributed by atoms with Gasteiger partial charge in [-0.1, -0.05) is 0 Å². The highest BCUT2D eigenvalue weighted by molar-refractivity contribution is 8.01. The van der Waals surface area contributed by atoms with Gasteiger partial charge in [0.15, 0.2) is 6.61 Å². The van der Waals surface area contributed by atoms with E-state index in [4.69, 9.17) is 9.47 Å². The number of carbonyl (C=O) groups excluding carboxylic acids is 2. The topological polar surface area (TPSA) is 105 Å². The van der Waals surface area contributed by atoms with Crippen LogP contribution in [-0.4, -0.2) is 85.2 Å². The van der Waals surface area contributed by atoms with E-state index in [1.807, 2.05) is 6.92 Å². The number of hydrogen-bond acceptors (Lipinski definition) is 7. The van der Waals surface area contributed by atoms with Gasteiger partial charge in [0.2, 0.25) is 21.8 Å². The summed E-state index contributed by atoms with van der Waals surface area (Å²) in [5.74, 6) is -0.805. The van der Waals surface area contributed by atoms with Gasteiger partial charge in [-0.15, -0.1) is 11.8 Å². The molecule has 9 nitrogen and oxygen atoms in total. The van der Waals surface area contributed by atoms with Crippen molar-refractivity contribution in [3.05, 3.63) is 18.2 Å². The third-order valence-corrected chi connectivity index (χ3v) is 9.36. The second kappa shape index (κ2) is 9.21. The minimum Gasteiger partial charge on any atom is -0.482 e. The summed E-state index contributed by atoms with van der Waals surface area (Å²) >= 11 is 1.46. The van der Waals surface area contributed by atoms with Crippen LogP contribution in [0.25, 0.3) is 0 Å². The number of nitrogens with zero attached hydrogens (tertiary/aromatic N) is 2. The normalized spacial score (nSPS) is 25.9. The Hall–Kier alpha value is -2.03. The SMILES string of the molecule is CC12CCC(=O)N1C(C(=O)Nc1cc(S(=O)(=O)N3CCOCC3)ccc1OCC(F)(F)F)CS2. The summed E-state index contributed by atoms with van der Waals surface area (Å²) in [5.41, 5.74) is -0.214. The molecule has 188 valence electrons. The largest absolute Gasteiger partial charge is 0.482 e. The number of nitrogens with one attached hydrogen (secondary N) is 1. The summed E-state index contributed by atoms with van der Waals surface area (Å²) in [6.07, 6.45) is -3.74. The average Bonchev–Trinajstić information content (AvgIpc) is 3.28. The predicted molar refractivity (Wildman–Crippen MR) is 117 cm³/mol. The maximum absolute atomic E-state index is 13.1. The number of benzene rings is 1. The Balaban J connectivity index is 1.62. The summed E-state index contributed by atoms with van der Waals surface area (Å²) in [4.78, 5) is 26.2. The molecule has 1 aromatic rings. The first-order valence-electron chi connectivity index (χ1n) is 10.6. The van der Waals surface area contributed by atoms with Crippen LogP contribution >= 0.6 is 11.8 Å². The van der Waals surface area contributed by atoms with Gasteiger partial charge in [0, 0.05) is 25.3 Å². The number of amides is 2. The van der Waals surface area contributed by atoms with Crippen molar-refractivity contribution in [1.82, 2.24) is 9.21 Å². The first kappa shape index (κ1) is 25.1. The summed E-state index contributed by atoms with van der Waals surface area (Å²) in [7, 11) is -3.98. The molecule has 3 saturated heterocycles. The molecule has 2 amide bonds. The van der Waals surface area contributed by atoms with Crippen LogP contribution in [-0.2, 0) is 24.3 Å². The van der Waals surface area contributed by atoms with E-state index in [-0.39, 0.29) is 48.5 Å². The highest BCUT2D eigenvalue weighted by atomic mass is 32.2. The van der Waals surface area contributed by atoms with E-state index in [9.17, 15) is 31.2 Å². The molecular weight excluding hydrogens is 499 g/mol. The van der Waals surface area contributed by atoms with E-state index in [0.29, 0.717) is 18.6 Å². The lowest BCUT2D eigenvalue weighted by molar-refractivity contribution is -0.153. The second-order valence-corrected chi connectivity index (χ2v) is 11.8. The van der Waals surface area contributed by atoms with Gasteiger partial charge in [-0.25, -0.2) is 8.42 Å². The quantitative estimate of drug-likeness (QED) is 0.609. The van der Waals surface area contributed by atoms with E-state index in [1.54, 1.807) is 0 Å². The number of anilines is 1. The molecule has 34 heavy (non-hydrogen) atoms. The lowest BCUT2D eigenvalue weighted by atomic mass is 10.2. The van der Waals surface area contributed by atoms with Crippen molar-refractivity contribution in [1.29, 1.82) is 0 Å². The fourth-order valence-corrected chi connectivity index (χ4v) is 7.09. The minimum absolute atomic E-state index is 0.130. The third kappa shape index (κ3) is 4.99. The first-order chi connectivity index (χ1) is 15.9. The number of sulfonamides is 1. The van der Waals surface area contributed by atoms with Crippen molar-refractivity contribution in [2.75, 3.05) is 44.0 Å². The van der Waals surface area contributed by atoms with Crippen LogP contribution < -0.4 is 10.1 Å². The number of alkyl halides is 3. The molecule has 0 aromatic heterocycles. The third-order valence-electron chi connectivity index (χ3n) is 5.96. The van der Waals surface area contributed by atoms with E-state index in [2.05, 4.69) is 5.32 Å². The summed E-state index contributed by atoms with van der Waals surface area (Å²) in [6, 6.07) is 2.48. The molecular formula is C20H24F3N3O6S2. The lowest BCUT2D eigenvalue weighted by Crippen LogP contribution is -2.48. The van der Waals surface area contributed by atoms with Gasteiger partial charge < -0.3 is 19.7 Å². The Morgan fingerprint density at radius 1 is 1.32 bits per heavy atom. The van der Waals surface area contributed by atoms with Crippen LogP contribution in [0.4, 0.5) is 18.9 Å². The molecule has 3 heterocycles. The number of carbonyl (C=O) groups is 2. The van der Waals surface area contributed by atoms with Crippen LogP contribution in [0.1, 0.15) is 19.8 Å². The Kier molecular flexibility index (Phi) is 6.79. The highest BCUT2D eigenvalue weighted by Crippen LogP contribution is 2.47. The first-order valence-corrected chi connectivity index (χ1v) is 13.0. The Morgan fingerprint density at radius 3 is 2.71 bits per heavy atom. The number of thioether (sulfide) groups is 1. The number of morpholine rings is 1. The Labute approximate surface area is 199 Å². The molecule has 14 heteroatoms. The molecule has 0 radical (unpaired) electrons. The summed E-state index contributed by atoms with van der Waals surface area (Å²) in [5, 5.41) is 2.51. The predicted octanol–water partition coefficient (Wildman–Crippen LogP) is 2.04. The van der Waals surface area contributed by atoms with E-state index >= 15 is 0 Å². The summed E-state index contributed by atoms with van der Waals surface area (Å²) in [6.45, 7) is 0.947. The van der Waals surface area contributed by atoms with Gasteiger partial charge in [-0.3, -0.25) is 9.59 Å². The van der Waals surface area contributed by atoms with E-state index in [1.165, 1.54) is 21.0 Å². The molecule has 4 rings (SSSR count). The summed E-state index contributed by atoms with van der Waals surface area (Å²) < 4.78 is 75.5. The molecule has 3 aliphatic heterocycles. The Morgan fingerprint density at radius 2 is 2.03 bits per heavy atom.